The van der Waals surface area contributed by atoms with Crippen molar-refractivity contribution in [1.29, 1.82) is 0 Å². The van der Waals surface area contributed by atoms with Crippen molar-refractivity contribution in [3.8, 4) is 22.9 Å². The first-order valence-corrected chi connectivity index (χ1v) is 10.4. The molecule has 31 heavy (non-hydrogen) atoms. The molecule has 0 amide bonds. The van der Waals surface area contributed by atoms with E-state index in [0.29, 0.717) is 34.7 Å². The maximum atomic E-state index is 13.1. The number of fused-ring (bicyclic) bond motifs is 1. The van der Waals surface area contributed by atoms with Crippen LogP contribution in [0.1, 0.15) is 11.3 Å². The maximum Gasteiger partial charge on any atom is 0.279 e. The first-order valence-electron chi connectivity index (χ1n) is 9.61. The third-order valence-electron chi connectivity index (χ3n) is 5.05. The summed E-state index contributed by atoms with van der Waals surface area (Å²) in [4.78, 5) is 13.1. The topological polar surface area (TPSA) is 62.6 Å². The molecule has 0 saturated heterocycles. The largest absolute Gasteiger partial charge is 0.493 e. The van der Waals surface area contributed by atoms with Crippen molar-refractivity contribution >= 4 is 26.7 Å². The van der Waals surface area contributed by atoms with Crippen LogP contribution in [0.15, 0.2) is 69.9 Å². The first-order chi connectivity index (χ1) is 15.0. The average molecular weight is 481 g/mol. The van der Waals surface area contributed by atoms with E-state index >= 15 is 0 Å². The molecule has 0 bridgehead atoms. The Bertz CT molecular complexity index is 1270. The van der Waals surface area contributed by atoms with Crippen molar-refractivity contribution in [2.75, 3.05) is 21.3 Å². The third-order valence-corrected chi connectivity index (χ3v) is 5.58. The molecule has 6 nitrogen and oxygen atoms in total. The number of nitrogens with zero attached hydrogens (tertiary/aromatic N) is 2. The highest BCUT2D eigenvalue weighted by atomic mass is 79.9. The number of halogens is 1. The van der Waals surface area contributed by atoms with Gasteiger partial charge in [-0.05, 0) is 48.0 Å². The molecule has 4 aromatic rings. The lowest BCUT2D eigenvalue weighted by Gasteiger charge is -2.15. The van der Waals surface area contributed by atoms with E-state index in [4.69, 9.17) is 19.3 Å². The van der Waals surface area contributed by atoms with Crippen LogP contribution >= 0.6 is 15.9 Å². The molecule has 0 fully saturated rings. The monoisotopic (exact) mass is 480 g/mol. The van der Waals surface area contributed by atoms with E-state index in [1.54, 1.807) is 21.3 Å². The molecule has 0 aliphatic rings. The van der Waals surface area contributed by atoms with Gasteiger partial charge in [-0.1, -0.05) is 34.1 Å². The van der Waals surface area contributed by atoms with Crippen LogP contribution in [-0.2, 0) is 6.42 Å². The highest BCUT2D eigenvalue weighted by molar-refractivity contribution is 9.10. The normalized spacial score (nSPS) is 10.8. The van der Waals surface area contributed by atoms with Gasteiger partial charge in [0.2, 0.25) is 5.75 Å². The summed E-state index contributed by atoms with van der Waals surface area (Å²) in [5, 5.41) is 6.15. The van der Waals surface area contributed by atoms with E-state index < -0.39 is 0 Å². The molecule has 0 aliphatic heterocycles. The minimum atomic E-state index is -0.161. The maximum absolute atomic E-state index is 13.1. The smallest absolute Gasteiger partial charge is 0.279 e. The predicted octanol–water partition coefficient (Wildman–Crippen LogP) is 4.76. The zero-order chi connectivity index (χ0) is 22.0. The molecule has 0 unspecified atom stereocenters. The molecule has 7 heteroatoms. The van der Waals surface area contributed by atoms with Gasteiger partial charge in [0.15, 0.2) is 11.5 Å². The number of ether oxygens (including phenoxy) is 3. The van der Waals surface area contributed by atoms with Crippen LogP contribution in [-0.4, -0.2) is 31.1 Å². The number of aromatic nitrogens is 2. The first kappa shape index (κ1) is 20.9. The van der Waals surface area contributed by atoms with Crippen molar-refractivity contribution in [1.82, 2.24) is 9.78 Å². The van der Waals surface area contributed by atoms with Crippen LogP contribution in [0.5, 0.6) is 17.2 Å². The SMILES string of the molecule is COc1cc(Cc2nn(-c3ccc(Br)cc3)c(=O)c3ccccc23)cc(OC)c1OC. The van der Waals surface area contributed by atoms with Crippen molar-refractivity contribution < 1.29 is 14.2 Å². The van der Waals surface area contributed by atoms with E-state index in [2.05, 4.69) is 15.9 Å². The lowest BCUT2D eigenvalue weighted by molar-refractivity contribution is 0.324. The van der Waals surface area contributed by atoms with Gasteiger partial charge < -0.3 is 14.2 Å². The number of methoxy groups -OCH3 is 3. The number of rotatable bonds is 6. The summed E-state index contributed by atoms with van der Waals surface area (Å²) in [6, 6.07) is 18.8. The zero-order valence-electron chi connectivity index (χ0n) is 17.4. The van der Waals surface area contributed by atoms with Crippen LogP contribution in [0.4, 0.5) is 0 Å². The molecule has 0 atom stereocenters. The van der Waals surface area contributed by atoms with E-state index in [1.807, 2.05) is 60.7 Å². The molecule has 0 spiro atoms. The Morgan fingerprint density at radius 3 is 2.06 bits per heavy atom. The van der Waals surface area contributed by atoms with Gasteiger partial charge >= 0.3 is 0 Å². The summed E-state index contributed by atoms with van der Waals surface area (Å²) < 4.78 is 18.8. The average Bonchev–Trinajstić information content (AvgIpc) is 2.81. The number of hydrogen-bond acceptors (Lipinski definition) is 5. The predicted molar refractivity (Wildman–Crippen MR) is 124 cm³/mol. The van der Waals surface area contributed by atoms with Crippen LogP contribution in [0.2, 0.25) is 0 Å². The van der Waals surface area contributed by atoms with Crippen LogP contribution < -0.4 is 19.8 Å². The second kappa shape index (κ2) is 8.81. The summed E-state index contributed by atoms with van der Waals surface area (Å²) in [6.07, 6.45) is 0.480. The Kier molecular flexibility index (Phi) is 5.95. The molecule has 0 saturated carbocycles. The van der Waals surface area contributed by atoms with Gasteiger partial charge in [-0.2, -0.15) is 9.78 Å². The van der Waals surface area contributed by atoms with E-state index in [1.165, 1.54) is 4.68 Å². The Balaban J connectivity index is 1.89. The van der Waals surface area contributed by atoms with Crippen LogP contribution in [0.3, 0.4) is 0 Å². The van der Waals surface area contributed by atoms with Crippen molar-refractivity contribution in [3.63, 3.8) is 0 Å². The van der Waals surface area contributed by atoms with Gasteiger partial charge in [0, 0.05) is 16.3 Å². The highest BCUT2D eigenvalue weighted by Crippen LogP contribution is 2.38. The van der Waals surface area contributed by atoms with Crippen molar-refractivity contribution in [2.24, 2.45) is 0 Å². The molecule has 0 aliphatic carbocycles. The minimum absolute atomic E-state index is 0.161. The Morgan fingerprint density at radius 1 is 0.871 bits per heavy atom. The Labute approximate surface area is 188 Å². The van der Waals surface area contributed by atoms with Gasteiger partial charge in [0.25, 0.3) is 5.56 Å². The minimum Gasteiger partial charge on any atom is -0.493 e. The van der Waals surface area contributed by atoms with Crippen molar-refractivity contribution in [2.45, 2.75) is 6.42 Å². The summed E-state index contributed by atoms with van der Waals surface area (Å²) in [5.41, 5.74) is 2.23. The fourth-order valence-corrected chi connectivity index (χ4v) is 3.84. The molecule has 4 rings (SSSR count). The molecule has 158 valence electrons. The van der Waals surface area contributed by atoms with Gasteiger partial charge in [-0.3, -0.25) is 4.79 Å². The van der Waals surface area contributed by atoms with E-state index in [9.17, 15) is 4.79 Å². The molecule has 1 heterocycles. The van der Waals surface area contributed by atoms with E-state index in [0.717, 1.165) is 21.1 Å². The Hall–Kier alpha value is -3.32. The van der Waals surface area contributed by atoms with E-state index in [-0.39, 0.29) is 5.56 Å². The fourth-order valence-electron chi connectivity index (χ4n) is 3.57. The van der Waals surface area contributed by atoms with Gasteiger partial charge in [-0.25, -0.2) is 0 Å². The zero-order valence-corrected chi connectivity index (χ0v) is 19.0. The summed E-state index contributed by atoms with van der Waals surface area (Å²) in [7, 11) is 4.74. The fraction of sp³-hybridized carbons (Fsp3) is 0.167. The number of benzene rings is 3. The molecule has 0 radical (unpaired) electrons. The summed E-state index contributed by atoms with van der Waals surface area (Å²) in [6.45, 7) is 0. The molecule has 0 N–H and O–H groups in total. The van der Waals surface area contributed by atoms with Crippen molar-refractivity contribution in [3.05, 3.63) is 86.7 Å². The lowest BCUT2D eigenvalue weighted by atomic mass is 10.0. The van der Waals surface area contributed by atoms with Crippen LogP contribution in [0.25, 0.3) is 16.5 Å². The molecule has 1 aromatic heterocycles. The lowest BCUT2D eigenvalue weighted by Crippen LogP contribution is -2.23. The van der Waals surface area contributed by atoms with Gasteiger partial charge in [0.05, 0.1) is 38.1 Å². The van der Waals surface area contributed by atoms with Gasteiger partial charge in [0.1, 0.15) is 0 Å². The molecular formula is C24H21BrN2O4. The summed E-state index contributed by atoms with van der Waals surface area (Å²) >= 11 is 3.43. The second-order valence-electron chi connectivity index (χ2n) is 6.90. The molecule has 3 aromatic carbocycles. The van der Waals surface area contributed by atoms with Gasteiger partial charge in [-0.15, -0.1) is 0 Å². The van der Waals surface area contributed by atoms with Crippen LogP contribution in [0, 0.1) is 0 Å². The summed E-state index contributed by atoms with van der Waals surface area (Å²) in [5.74, 6) is 1.68. The third kappa shape index (κ3) is 4.01. The molecular weight excluding hydrogens is 460 g/mol. The standard InChI is InChI=1S/C24H21BrN2O4/c1-29-21-13-15(14-22(30-2)23(21)31-3)12-20-18-6-4-5-7-19(18)24(28)27(26-20)17-10-8-16(25)9-11-17/h4-11,13-14H,12H2,1-3H3. The highest BCUT2D eigenvalue weighted by Gasteiger charge is 2.16. The quantitative estimate of drug-likeness (QED) is 0.397. The number of hydrogen-bond donors (Lipinski definition) is 0. The second-order valence-corrected chi connectivity index (χ2v) is 7.81. The Morgan fingerprint density at radius 2 is 1.48 bits per heavy atom.